The molecule has 0 bridgehead atoms. The number of nitrogens with one attached hydrogen (secondary N) is 2. The molecule has 0 saturated carbocycles. The number of hydrogen-bond acceptors (Lipinski definition) is 4. The van der Waals surface area contributed by atoms with E-state index in [-0.39, 0.29) is 5.91 Å². The highest BCUT2D eigenvalue weighted by atomic mass is 16.2. The SMILES string of the molecule is CC1(N2C=CN=CC2)NC(=O)NC1=O. The fourth-order valence-corrected chi connectivity index (χ4v) is 1.44. The number of nitrogens with zero attached hydrogens (tertiary/aromatic N) is 2. The number of carbonyl (C=O) groups is 2. The zero-order valence-electron chi connectivity index (χ0n) is 7.65. The number of hydrogen-bond donors (Lipinski definition) is 2. The van der Waals surface area contributed by atoms with E-state index in [0.29, 0.717) is 6.54 Å². The monoisotopic (exact) mass is 194 g/mol. The van der Waals surface area contributed by atoms with Gasteiger partial charge in [-0.3, -0.25) is 15.1 Å². The van der Waals surface area contributed by atoms with Crippen molar-refractivity contribution in [1.29, 1.82) is 0 Å². The molecule has 0 aromatic carbocycles. The van der Waals surface area contributed by atoms with Crippen LogP contribution >= 0.6 is 0 Å². The summed E-state index contributed by atoms with van der Waals surface area (Å²) in [5, 5.41) is 4.76. The average molecular weight is 194 g/mol. The van der Waals surface area contributed by atoms with Crippen LogP contribution in [0.1, 0.15) is 6.92 Å². The number of carbonyl (C=O) groups excluding carboxylic acids is 2. The number of aliphatic imine (C=N–C) groups is 1. The Morgan fingerprint density at radius 2 is 2.36 bits per heavy atom. The van der Waals surface area contributed by atoms with Crippen molar-refractivity contribution >= 4 is 18.2 Å². The molecule has 74 valence electrons. The first-order valence-corrected chi connectivity index (χ1v) is 4.21. The quantitative estimate of drug-likeness (QED) is 0.547. The Balaban J connectivity index is 2.23. The number of urea groups is 1. The number of rotatable bonds is 1. The van der Waals surface area contributed by atoms with Crippen molar-refractivity contribution in [3.63, 3.8) is 0 Å². The Kier molecular flexibility index (Phi) is 1.77. The maximum atomic E-state index is 11.5. The van der Waals surface area contributed by atoms with Crippen LogP contribution in [0.2, 0.25) is 0 Å². The molecule has 2 aliphatic heterocycles. The van der Waals surface area contributed by atoms with E-state index >= 15 is 0 Å². The molecule has 0 aromatic rings. The lowest BCUT2D eigenvalue weighted by atomic mass is 10.1. The summed E-state index contributed by atoms with van der Waals surface area (Å²) < 4.78 is 0. The summed E-state index contributed by atoms with van der Waals surface area (Å²) in [7, 11) is 0. The van der Waals surface area contributed by atoms with Gasteiger partial charge in [0.15, 0.2) is 5.66 Å². The highest BCUT2D eigenvalue weighted by Gasteiger charge is 2.45. The summed E-state index contributed by atoms with van der Waals surface area (Å²) in [6, 6.07) is -0.464. The van der Waals surface area contributed by atoms with Gasteiger partial charge in [0.25, 0.3) is 5.91 Å². The van der Waals surface area contributed by atoms with Crippen molar-refractivity contribution in [3.05, 3.63) is 12.4 Å². The van der Waals surface area contributed by atoms with Gasteiger partial charge in [-0.2, -0.15) is 0 Å². The van der Waals surface area contributed by atoms with E-state index in [9.17, 15) is 9.59 Å². The predicted molar refractivity (Wildman–Crippen MR) is 49.4 cm³/mol. The van der Waals surface area contributed by atoms with Crippen LogP contribution in [-0.4, -0.2) is 35.3 Å². The topological polar surface area (TPSA) is 73.8 Å². The molecule has 3 amide bonds. The Morgan fingerprint density at radius 1 is 1.57 bits per heavy atom. The largest absolute Gasteiger partial charge is 0.341 e. The molecule has 2 aliphatic rings. The molecule has 0 aromatic heterocycles. The summed E-state index contributed by atoms with van der Waals surface area (Å²) >= 11 is 0. The van der Waals surface area contributed by atoms with Crippen molar-refractivity contribution in [2.75, 3.05) is 6.54 Å². The van der Waals surface area contributed by atoms with Gasteiger partial charge in [-0.1, -0.05) is 0 Å². The van der Waals surface area contributed by atoms with Crippen LogP contribution in [0.5, 0.6) is 0 Å². The van der Waals surface area contributed by atoms with Gasteiger partial charge in [-0.05, 0) is 6.92 Å². The maximum Gasteiger partial charge on any atom is 0.323 e. The Hall–Kier alpha value is -1.85. The standard InChI is InChI=1S/C8H10N4O2/c1-8(6(13)10-7(14)11-8)12-4-2-9-3-5-12/h2-4H,5H2,1H3,(H2,10,11,13,14). The van der Waals surface area contributed by atoms with Gasteiger partial charge < -0.3 is 10.2 Å². The third-order valence-corrected chi connectivity index (χ3v) is 2.32. The van der Waals surface area contributed by atoms with E-state index in [1.54, 1.807) is 30.4 Å². The van der Waals surface area contributed by atoms with Gasteiger partial charge in [0.2, 0.25) is 0 Å². The van der Waals surface area contributed by atoms with Gasteiger partial charge in [0.1, 0.15) is 0 Å². The number of amides is 3. The van der Waals surface area contributed by atoms with E-state index < -0.39 is 11.7 Å². The summed E-state index contributed by atoms with van der Waals surface area (Å²) in [6.45, 7) is 2.15. The van der Waals surface area contributed by atoms with Crippen LogP contribution in [0.15, 0.2) is 17.4 Å². The molecule has 2 heterocycles. The second kappa shape index (κ2) is 2.83. The van der Waals surface area contributed by atoms with Crippen LogP contribution in [0.25, 0.3) is 0 Å². The molecule has 1 fully saturated rings. The molecule has 0 spiro atoms. The van der Waals surface area contributed by atoms with Crippen molar-refractivity contribution in [2.45, 2.75) is 12.6 Å². The normalized spacial score (nSPS) is 30.5. The minimum atomic E-state index is -1.000. The number of imide groups is 1. The smallest absolute Gasteiger partial charge is 0.323 e. The summed E-state index contributed by atoms with van der Waals surface area (Å²) in [5.74, 6) is -0.345. The zero-order valence-corrected chi connectivity index (χ0v) is 7.65. The van der Waals surface area contributed by atoms with Gasteiger partial charge in [0, 0.05) is 18.6 Å². The van der Waals surface area contributed by atoms with Gasteiger partial charge in [-0.15, -0.1) is 0 Å². The van der Waals surface area contributed by atoms with Crippen LogP contribution < -0.4 is 10.6 Å². The summed E-state index contributed by atoms with van der Waals surface area (Å²) in [5.41, 5.74) is -1.000. The van der Waals surface area contributed by atoms with Gasteiger partial charge in [-0.25, -0.2) is 4.79 Å². The Bertz CT molecular complexity index is 349. The first-order chi connectivity index (χ1) is 6.63. The first-order valence-electron chi connectivity index (χ1n) is 4.21. The van der Waals surface area contributed by atoms with E-state index in [0.717, 1.165) is 0 Å². The molecule has 14 heavy (non-hydrogen) atoms. The lowest BCUT2D eigenvalue weighted by molar-refractivity contribution is -0.128. The van der Waals surface area contributed by atoms with E-state index in [1.165, 1.54) is 0 Å². The van der Waals surface area contributed by atoms with Crippen LogP contribution in [0.4, 0.5) is 4.79 Å². The predicted octanol–water partition coefficient (Wildman–Crippen LogP) is -0.600. The molecule has 2 N–H and O–H groups in total. The van der Waals surface area contributed by atoms with Gasteiger partial charge >= 0.3 is 6.03 Å². The van der Waals surface area contributed by atoms with E-state index in [2.05, 4.69) is 15.6 Å². The van der Waals surface area contributed by atoms with Crippen LogP contribution in [0.3, 0.4) is 0 Å². The van der Waals surface area contributed by atoms with Crippen molar-refractivity contribution in [1.82, 2.24) is 15.5 Å². The highest BCUT2D eigenvalue weighted by Crippen LogP contribution is 2.17. The first kappa shape index (κ1) is 8.74. The van der Waals surface area contributed by atoms with E-state index in [4.69, 9.17) is 0 Å². The lowest BCUT2D eigenvalue weighted by Gasteiger charge is -2.34. The molecule has 0 aliphatic carbocycles. The summed E-state index contributed by atoms with van der Waals surface area (Å²) in [6.07, 6.45) is 4.92. The second-order valence-corrected chi connectivity index (χ2v) is 3.26. The fraction of sp³-hybridized carbons (Fsp3) is 0.375. The molecule has 1 unspecified atom stereocenters. The van der Waals surface area contributed by atoms with E-state index in [1.807, 2.05) is 0 Å². The van der Waals surface area contributed by atoms with Crippen molar-refractivity contribution < 1.29 is 9.59 Å². The minimum Gasteiger partial charge on any atom is -0.341 e. The van der Waals surface area contributed by atoms with Crippen molar-refractivity contribution in [3.8, 4) is 0 Å². The molecular weight excluding hydrogens is 184 g/mol. The molecule has 0 radical (unpaired) electrons. The van der Waals surface area contributed by atoms with Crippen LogP contribution in [0, 0.1) is 0 Å². The molecule has 1 saturated heterocycles. The summed E-state index contributed by atoms with van der Waals surface area (Å²) in [4.78, 5) is 28.1. The molecule has 6 nitrogen and oxygen atoms in total. The average Bonchev–Trinajstić information content (AvgIpc) is 2.43. The van der Waals surface area contributed by atoms with Crippen molar-refractivity contribution in [2.24, 2.45) is 4.99 Å². The molecule has 2 rings (SSSR count). The van der Waals surface area contributed by atoms with Crippen LogP contribution in [-0.2, 0) is 4.79 Å². The van der Waals surface area contributed by atoms with Gasteiger partial charge in [0.05, 0.1) is 6.54 Å². The Morgan fingerprint density at radius 3 is 2.86 bits per heavy atom. The highest BCUT2D eigenvalue weighted by molar-refractivity contribution is 6.06. The maximum absolute atomic E-state index is 11.5. The lowest BCUT2D eigenvalue weighted by Crippen LogP contribution is -2.57. The third-order valence-electron chi connectivity index (χ3n) is 2.32. The third kappa shape index (κ3) is 1.15. The molecular formula is C8H10N4O2. The molecule has 6 heteroatoms. The Labute approximate surface area is 80.7 Å². The second-order valence-electron chi connectivity index (χ2n) is 3.26. The minimum absolute atomic E-state index is 0.345. The zero-order chi connectivity index (χ0) is 10.2. The fourth-order valence-electron chi connectivity index (χ4n) is 1.44. The molecule has 1 atom stereocenters.